The molecule has 0 radical (unpaired) electrons. The van der Waals surface area contributed by atoms with E-state index < -0.39 is 84.9 Å². The van der Waals surface area contributed by atoms with Crippen molar-refractivity contribution in [2.75, 3.05) is 26.4 Å². The van der Waals surface area contributed by atoms with Crippen molar-refractivity contribution in [2.24, 2.45) is 0 Å². The summed E-state index contributed by atoms with van der Waals surface area (Å²) in [5.74, 6) is -5.26. The van der Waals surface area contributed by atoms with Gasteiger partial charge in [0.2, 0.25) is 0 Å². The molecule has 0 fully saturated rings. The average molecular weight is 688 g/mol. The molecule has 0 saturated carbocycles. The Morgan fingerprint density at radius 2 is 0.762 bits per heavy atom. The second-order valence-corrected chi connectivity index (χ2v) is 8.90. The molecular formula is C26H44O15Zr. The fraction of sp³-hybridized carbons (Fsp3) is 0.769. The Labute approximate surface area is 261 Å². The molecule has 0 saturated heterocycles. The number of rotatable bonds is 16. The molecule has 0 aromatic heterocycles. The quantitative estimate of drug-likeness (QED) is 0.171. The van der Waals surface area contributed by atoms with E-state index in [1.165, 1.54) is 0 Å². The zero-order valence-electron chi connectivity index (χ0n) is 25.5. The van der Waals surface area contributed by atoms with Gasteiger partial charge in [0, 0.05) is 0 Å². The van der Waals surface area contributed by atoms with Crippen LogP contribution >= 0.6 is 0 Å². The zero-order valence-corrected chi connectivity index (χ0v) is 28.0. The summed E-state index contributed by atoms with van der Waals surface area (Å²) in [4.78, 5) is 69.5. The third-order valence-electron chi connectivity index (χ3n) is 4.40. The predicted molar refractivity (Wildman–Crippen MR) is 138 cm³/mol. The Kier molecular flexibility index (Phi) is 25.0. The second kappa shape index (κ2) is 23.9. The number of carbonyl (C=O) groups is 6. The van der Waals surface area contributed by atoms with Gasteiger partial charge in [-0.3, -0.25) is 19.2 Å². The first-order valence-electron chi connectivity index (χ1n) is 13.2. The van der Waals surface area contributed by atoms with Crippen LogP contribution in [0.2, 0.25) is 0 Å². The van der Waals surface area contributed by atoms with E-state index in [0.29, 0.717) is 24.7 Å². The molecule has 0 bridgehead atoms. The van der Waals surface area contributed by atoms with Crippen LogP contribution in [0.5, 0.6) is 0 Å². The van der Waals surface area contributed by atoms with Crippen molar-refractivity contribution in [1.29, 1.82) is 0 Å². The number of carbonyl (C=O) groups excluding carboxylic acids is 6. The molecule has 2 atom stereocenters. The molecular weight excluding hydrogens is 643 g/mol. The van der Waals surface area contributed by atoms with Gasteiger partial charge in [-0.15, -0.1) is 0 Å². The van der Waals surface area contributed by atoms with Crippen molar-refractivity contribution >= 4 is 35.8 Å². The van der Waals surface area contributed by atoms with Gasteiger partial charge in [0.1, 0.15) is 0 Å². The molecule has 0 aromatic rings. The van der Waals surface area contributed by atoms with Crippen LogP contribution in [0.1, 0.15) is 81.1 Å². The maximum atomic E-state index is 11.7. The first-order valence-corrected chi connectivity index (χ1v) is 14.2. The van der Waals surface area contributed by atoms with Crippen molar-refractivity contribution in [2.45, 2.75) is 104 Å². The fourth-order valence-electron chi connectivity index (χ4n) is 2.93. The number of esters is 6. The number of hydrogen-bond donors (Lipinski definition) is 2. The molecule has 2 N–H and O–H groups in total. The van der Waals surface area contributed by atoms with Gasteiger partial charge in [0.15, 0.2) is 11.2 Å². The van der Waals surface area contributed by atoms with E-state index in [0.717, 1.165) is 0 Å². The van der Waals surface area contributed by atoms with Crippen LogP contribution in [0.15, 0.2) is 0 Å². The van der Waals surface area contributed by atoms with E-state index in [1.807, 2.05) is 0 Å². The first kappa shape index (κ1) is 43.9. The average Bonchev–Trinajstić information content (AvgIpc) is 2.84. The van der Waals surface area contributed by atoms with Crippen molar-refractivity contribution in [3.63, 3.8) is 0 Å². The molecule has 0 rings (SSSR count). The molecule has 0 spiro atoms. The molecule has 16 heteroatoms. The minimum atomic E-state index is -2.27. The van der Waals surface area contributed by atoms with E-state index in [1.54, 1.807) is 55.4 Å². The van der Waals surface area contributed by atoms with Gasteiger partial charge >= 0.3 is 63.4 Å². The monoisotopic (exact) mass is 686 g/mol. The van der Waals surface area contributed by atoms with E-state index in [4.69, 9.17) is 12.3 Å². The summed E-state index contributed by atoms with van der Waals surface area (Å²) < 4.78 is 36.8. The van der Waals surface area contributed by atoms with Crippen LogP contribution in [-0.2, 0) is 84.7 Å². The van der Waals surface area contributed by atoms with Crippen LogP contribution < -0.4 is 0 Å². The maximum absolute atomic E-state index is 11.7. The Hall–Kier alpha value is -2.58. The summed E-state index contributed by atoms with van der Waals surface area (Å²) in [5.41, 5.74) is -4.54. The summed E-state index contributed by atoms with van der Waals surface area (Å²) in [7, 11) is 0. The Morgan fingerprint density at radius 3 is 0.976 bits per heavy atom. The molecule has 0 aliphatic rings. The standard InChI is InChI=1S/2C13H22O7.O.Zr/c2*1-5-18-10(14)7-13(17,12(16)19-6-2)8-11(15)20-9(3)4;;/h2*9,17H,5-8H2,1-4H3;;. The van der Waals surface area contributed by atoms with E-state index in [9.17, 15) is 39.0 Å². The summed E-state index contributed by atoms with van der Waals surface area (Å²) in [5, 5.41) is 20.4. The number of aliphatic hydroxyl groups is 2. The van der Waals surface area contributed by atoms with E-state index in [2.05, 4.69) is 18.9 Å². The van der Waals surface area contributed by atoms with Gasteiger partial charge in [-0.1, -0.05) is 0 Å². The van der Waals surface area contributed by atoms with Crippen LogP contribution in [0, 0.1) is 0 Å². The van der Waals surface area contributed by atoms with Gasteiger partial charge in [-0.25, -0.2) is 9.59 Å². The van der Waals surface area contributed by atoms with Crippen LogP contribution in [-0.4, -0.2) is 95.9 Å². The van der Waals surface area contributed by atoms with E-state index >= 15 is 0 Å². The summed E-state index contributed by atoms with van der Waals surface area (Å²) in [6.07, 6.45) is -3.43. The molecule has 42 heavy (non-hydrogen) atoms. The SMILES string of the molecule is CCOC(=O)CC(O)(CC(=O)OC(C)C)C(=O)OCC.CCOC(=O)CC(O)(CC(=O)OC(C)C)C(=O)OCC.[O]=[Zr]. The third kappa shape index (κ3) is 20.3. The molecule has 0 amide bonds. The molecule has 0 aromatic carbocycles. The molecule has 0 heterocycles. The van der Waals surface area contributed by atoms with E-state index in [-0.39, 0.29) is 26.4 Å². The van der Waals surface area contributed by atoms with Crippen molar-refractivity contribution in [3.05, 3.63) is 0 Å². The summed E-state index contributed by atoms with van der Waals surface area (Å²) >= 11 is 0.300. The number of ether oxygens (including phenoxy) is 6. The second-order valence-electron chi connectivity index (χ2n) is 8.90. The molecule has 15 nitrogen and oxygen atoms in total. The summed E-state index contributed by atoms with van der Waals surface area (Å²) in [6.45, 7) is 13.1. The van der Waals surface area contributed by atoms with Gasteiger partial charge in [0.05, 0.1) is 64.3 Å². The normalized spacial score (nSPS) is 12.9. The predicted octanol–water partition coefficient (Wildman–Crippen LogP) is 1.03. The molecule has 2 unspecified atom stereocenters. The molecule has 242 valence electrons. The molecule has 0 aliphatic carbocycles. The fourth-order valence-corrected chi connectivity index (χ4v) is 2.93. The zero-order chi connectivity index (χ0) is 33.5. The Bertz CT molecular complexity index is 793. The molecule has 0 aliphatic heterocycles. The summed E-state index contributed by atoms with van der Waals surface area (Å²) in [6, 6.07) is 0. The van der Waals surface area contributed by atoms with Crippen LogP contribution in [0.3, 0.4) is 0 Å². The van der Waals surface area contributed by atoms with Gasteiger partial charge in [-0.2, -0.15) is 0 Å². The van der Waals surface area contributed by atoms with Crippen molar-refractivity contribution < 1.29 is 94.9 Å². The minimum absolute atomic E-state index is 0.0171. The van der Waals surface area contributed by atoms with Crippen LogP contribution in [0.4, 0.5) is 0 Å². The van der Waals surface area contributed by atoms with Gasteiger partial charge < -0.3 is 38.6 Å². The van der Waals surface area contributed by atoms with Gasteiger partial charge in [-0.05, 0) is 55.4 Å². The topological polar surface area (TPSA) is 215 Å². The van der Waals surface area contributed by atoms with Gasteiger partial charge in [0.25, 0.3) is 0 Å². The van der Waals surface area contributed by atoms with Crippen molar-refractivity contribution in [1.82, 2.24) is 0 Å². The van der Waals surface area contributed by atoms with Crippen molar-refractivity contribution in [3.8, 4) is 0 Å². The Morgan fingerprint density at radius 1 is 0.524 bits per heavy atom. The Balaban J connectivity index is -0.000000683. The van der Waals surface area contributed by atoms with Crippen LogP contribution in [0.25, 0.3) is 0 Å². The third-order valence-corrected chi connectivity index (χ3v) is 4.40. The number of hydrogen-bond acceptors (Lipinski definition) is 15. The first-order chi connectivity index (χ1) is 19.5.